The van der Waals surface area contributed by atoms with Crippen molar-refractivity contribution < 1.29 is 9.59 Å². The summed E-state index contributed by atoms with van der Waals surface area (Å²) in [4.78, 5) is 37.0. The largest absolute Gasteiger partial charge is 0.361 e. The molecular weight excluding hydrogens is 342 g/mol. The van der Waals surface area contributed by atoms with Crippen LogP contribution in [-0.2, 0) is 11.3 Å². The van der Waals surface area contributed by atoms with Gasteiger partial charge in [0, 0.05) is 50.1 Å². The van der Waals surface area contributed by atoms with E-state index in [-0.39, 0.29) is 23.8 Å². The lowest BCUT2D eigenvalue weighted by Crippen LogP contribution is -2.44. The molecule has 1 aliphatic heterocycles. The normalized spacial score (nSPS) is 16.1. The molecule has 7 heteroatoms. The number of anilines is 2. The SMILES string of the molecule is CC(C)c1ncc(CN(C)C(=O)c2ccc3c(c2)NC(=O)C(C)N3C)cn1. The number of amides is 2. The molecule has 2 amide bonds. The number of hydrogen-bond donors (Lipinski definition) is 1. The first-order chi connectivity index (χ1) is 12.8. The molecule has 142 valence electrons. The number of benzene rings is 1. The van der Waals surface area contributed by atoms with Crippen molar-refractivity contribution in [3.05, 3.63) is 47.5 Å². The van der Waals surface area contributed by atoms with E-state index in [1.54, 1.807) is 36.5 Å². The predicted octanol–water partition coefficient (Wildman–Crippen LogP) is 2.65. The summed E-state index contributed by atoms with van der Waals surface area (Å²) in [7, 11) is 3.61. The Morgan fingerprint density at radius 1 is 1.30 bits per heavy atom. The van der Waals surface area contributed by atoms with Crippen LogP contribution in [-0.4, -0.2) is 46.8 Å². The van der Waals surface area contributed by atoms with E-state index in [9.17, 15) is 9.59 Å². The molecule has 27 heavy (non-hydrogen) atoms. The molecule has 0 saturated carbocycles. The molecule has 2 heterocycles. The summed E-state index contributed by atoms with van der Waals surface area (Å²) in [6.07, 6.45) is 3.52. The summed E-state index contributed by atoms with van der Waals surface area (Å²) >= 11 is 0. The third-order valence-corrected chi connectivity index (χ3v) is 4.85. The van der Waals surface area contributed by atoms with Gasteiger partial charge in [0.15, 0.2) is 0 Å². The van der Waals surface area contributed by atoms with Crippen molar-refractivity contribution in [3.8, 4) is 0 Å². The van der Waals surface area contributed by atoms with E-state index in [0.29, 0.717) is 17.8 Å². The third-order valence-electron chi connectivity index (χ3n) is 4.85. The van der Waals surface area contributed by atoms with E-state index in [4.69, 9.17) is 0 Å². The van der Waals surface area contributed by atoms with Crippen molar-refractivity contribution in [2.75, 3.05) is 24.3 Å². The van der Waals surface area contributed by atoms with E-state index >= 15 is 0 Å². The number of nitrogens with zero attached hydrogens (tertiary/aromatic N) is 4. The quantitative estimate of drug-likeness (QED) is 0.899. The lowest BCUT2D eigenvalue weighted by atomic mass is 10.1. The summed E-state index contributed by atoms with van der Waals surface area (Å²) in [5.74, 6) is 0.855. The minimum atomic E-state index is -0.240. The van der Waals surface area contributed by atoms with Gasteiger partial charge in [0.25, 0.3) is 5.91 Å². The average molecular weight is 367 g/mol. The molecule has 0 saturated heterocycles. The second-order valence-corrected chi connectivity index (χ2v) is 7.27. The van der Waals surface area contributed by atoms with Crippen LogP contribution < -0.4 is 10.2 Å². The Labute approximate surface area is 159 Å². The van der Waals surface area contributed by atoms with Crippen LogP contribution >= 0.6 is 0 Å². The highest BCUT2D eigenvalue weighted by Gasteiger charge is 2.27. The molecule has 0 aliphatic carbocycles. The van der Waals surface area contributed by atoms with Crippen molar-refractivity contribution in [3.63, 3.8) is 0 Å². The fourth-order valence-electron chi connectivity index (χ4n) is 3.01. The molecule has 0 fully saturated rings. The standard InChI is InChI=1S/C20H25N5O2/c1-12(2)18-21-9-14(10-22-18)11-24(4)20(27)15-6-7-17-16(8-15)23-19(26)13(3)25(17)5/h6-10,12-13H,11H2,1-5H3,(H,23,26). The minimum absolute atomic E-state index is 0.0784. The molecule has 1 aliphatic rings. The van der Waals surface area contributed by atoms with E-state index in [1.807, 2.05) is 38.8 Å². The number of nitrogens with one attached hydrogen (secondary N) is 1. The topological polar surface area (TPSA) is 78.4 Å². The van der Waals surface area contributed by atoms with Crippen LogP contribution in [0.1, 0.15) is 48.4 Å². The zero-order valence-electron chi connectivity index (χ0n) is 16.4. The van der Waals surface area contributed by atoms with E-state index in [0.717, 1.165) is 17.1 Å². The fourth-order valence-corrected chi connectivity index (χ4v) is 3.01. The molecule has 3 rings (SSSR count). The molecule has 2 aromatic rings. The molecule has 0 bridgehead atoms. The van der Waals surface area contributed by atoms with E-state index in [2.05, 4.69) is 15.3 Å². The molecule has 1 N–H and O–H groups in total. The zero-order chi connectivity index (χ0) is 19.7. The van der Waals surface area contributed by atoms with Gasteiger partial charge in [0.1, 0.15) is 11.9 Å². The smallest absolute Gasteiger partial charge is 0.253 e. The molecule has 1 unspecified atom stereocenters. The zero-order valence-corrected chi connectivity index (χ0v) is 16.4. The van der Waals surface area contributed by atoms with Gasteiger partial charge in [-0.25, -0.2) is 9.97 Å². The van der Waals surface area contributed by atoms with Gasteiger partial charge in [0.2, 0.25) is 5.91 Å². The van der Waals surface area contributed by atoms with Gasteiger partial charge in [-0.1, -0.05) is 13.8 Å². The predicted molar refractivity (Wildman–Crippen MR) is 105 cm³/mol. The lowest BCUT2D eigenvalue weighted by Gasteiger charge is -2.33. The second-order valence-electron chi connectivity index (χ2n) is 7.27. The summed E-state index contributed by atoms with van der Waals surface area (Å²) < 4.78 is 0. The first-order valence-corrected chi connectivity index (χ1v) is 9.02. The Morgan fingerprint density at radius 3 is 2.59 bits per heavy atom. The monoisotopic (exact) mass is 367 g/mol. The van der Waals surface area contributed by atoms with Crippen LogP contribution in [0.5, 0.6) is 0 Å². The highest BCUT2D eigenvalue weighted by atomic mass is 16.2. The number of rotatable bonds is 4. The van der Waals surface area contributed by atoms with Gasteiger partial charge in [-0.3, -0.25) is 9.59 Å². The summed E-state index contributed by atoms with van der Waals surface area (Å²) in [6.45, 7) is 6.34. The second kappa shape index (κ2) is 7.34. The van der Waals surface area contributed by atoms with Gasteiger partial charge in [-0.2, -0.15) is 0 Å². The van der Waals surface area contributed by atoms with Gasteiger partial charge >= 0.3 is 0 Å². The highest BCUT2D eigenvalue weighted by molar-refractivity contribution is 6.05. The highest BCUT2D eigenvalue weighted by Crippen LogP contribution is 2.32. The Bertz CT molecular complexity index is 863. The number of likely N-dealkylation sites (N-methyl/N-ethyl adjacent to an activating group) is 1. The first kappa shape index (κ1) is 18.8. The van der Waals surface area contributed by atoms with E-state index < -0.39 is 0 Å². The van der Waals surface area contributed by atoms with Crippen LogP contribution in [0, 0.1) is 0 Å². The molecule has 1 aromatic heterocycles. The Hall–Kier alpha value is -2.96. The van der Waals surface area contributed by atoms with Crippen LogP contribution in [0.3, 0.4) is 0 Å². The maximum Gasteiger partial charge on any atom is 0.253 e. The maximum atomic E-state index is 12.8. The molecule has 1 aromatic carbocycles. The van der Waals surface area contributed by atoms with E-state index in [1.165, 1.54) is 0 Å². The molecule has 0 spiro atoms. The first-order valence-electron chi connectivity index (χ1n) is 9.02. The minimum Gasteiger partial charge on any atom is -0.361 e. The maximum absolute atomic E-state index is 12.8. The van der Waals surface area contributed by atoms with Crippen LogP contribution in [0.4, 0.5) is 11.4 Å². The Balaban J connectivity index is 1.75. The van der Waals surface area contributed by atoms with Crippen LogP contribution in [0.15, 0.2) is 30.6 Å². The van der Waals surface area contributed by atoms with Gasteiger partial charge < -0.3 is 15.1 Å². The van der Waals surface area contributed by atoms with Crippen molar-refractivity contribution in [2.24, 2.45) is 0 Å². The van der Waals surface area contributed by atoms with Gasteiger partial charge in [0.05, 0.1) is 11.4 Å². The number of carbonyl (C=O) groups is 2. The fraction of sp³-hybridized carbons (Fsp3) is 0.400. The summed E-state index contributed by atoms with van der Waals surface area (Å²) in [5.41, 5.74) is 2.96. The van der Waals surface area contributed by atoms with Gasteiger partial charge in [-0.15, -0.1) is 0 Å². The van der Waals surface area contributed by atoms with Crippen LogP contribution in [0.2, 0.25) is 0 Å². The van der Waals surface area contributed by atoms with Crippen molar-refractivity contribution in [2.45, 2.75) is 39.3 Å². The number of fused-ring (bicyclic) bond motifs is 1. The van der Waals surface area contributed by atoms with Crippen LogP contribution in [0.25, 0.3) is 0 Å². The summed E-state index contributed by atoms with van der Waals surface area (Å²) in [5, 5.41) is 2.87. The van der Waals surface area contributed by atoms with Crippen molar-refractivity contribution >= 4 is 23.2 Å². The Kier molecular flexibility index (Phi) is 5.12. The third kappa shape index (κ3) is 3.77. The van der Waals surface area contributed by atoms with Crippen molar-refractivity contribution in [1.82, 2.24) is 14.9 Å². The Morgan fingerprint density at radius 2 is 1.96 bits per heavy atom. The molecular formula is C20H25N5O2. The average Bonchev–Trinajstić information content (AvgIpc) is 2.65. The van der Waals surface area contributed by atoms with Crippen molar-refractivity contribution in [1.29, 1.82) is 0 Å². The number of hydrogen-bond acceptors (Lipinski definition) is 5. The molecule has 7 nitrogen and oxygen atoms in total. The molecule has 1 atom stereocenters. The summed E-state index contributed by atoms with van der Waals surface area (Å²) in [6, 6.07) is 5.15. The number of carbonyl (C=O) groups excluding carboxylic acids is 2. The van der Waals surface area contributed by atoms with Gasteiger partial charge in [-0.05, 0) is 25.1 Å². The lowest BCUT2D eigenvalue weighted by molar-refractivity contribution is -0.117. The number of aromatic nitrogens is 2. The molecule has 0 radical (unpaired) electrons.